The third kappa shape index (κ3) is 5.52. The number of imidazole rings is 1. The van der Waals surface area contributed by atoms with Gasteiger partial charge in [-0.1, -0.05) is 24.3 Å². The van der Waals surface area contributed by atoms with Gasteiger partial charge in [0, 0.05) is 35.1 Å². The maximum atomic E-state index is 13.5. The Bertz CT molecular complexity index is 1870. The molecule has 13 heteroatoms. The van der Waals surface area contributed by atoms with E-state index in [-0.39, 0.29) is 17.9 Å². The lowest BCUT2D eigenvalue weighted by molar-refractivity contribution is -0.140. The van der Waals surface area contributed by atoms with Crippen LogP contribution in [-0.4, -0.2) is 56.4 Å². The summed E-state index contributed by atoms with van der Waals surface area (Å²) in [5.74, 6) is 2.38. The van der Waals surface area contributed by atoms with E-state index in [1.807, 2.05) is 38.1 Å². The minimum absolute atomic E-state index is 0.187. The van der Waals surface area contributed by atoms with Gasteiger partial charge in [0.15, 0.2) is 17.3 Å². The molecule has 0 N–H and O–H groups in total. The van der Waals surface area contributed by atoms with E-state index in [0.29, 0.717) is 42.9 Å². The number of aryl methyl sites for hydroxylation is 1. The highest BCUT2D eigenvalue weighted by atomic mass is 32.1. The summed E-state index contributed by atoms with van der Waals surface area (Å²) in [5, 5.41) is 0. The molecule has 4 aromatic heterocycles. The van der Waals surface area contributed by atoms with Crippen molar-refractivity contribution in [1.82, 2.24) is 29.5 Å². The molecule has 0 amide bonds. The number of fused-ring (bicyclic) bond motifs is 1. The molecule has 0 radical (unpaired) electrons. The predicted octanol–water partition coefficient (Wildman–Crippen LogP) is 7.38. The summed E-state index contributed by atoms with van der Waals surface area (Å²) in [7, 11) is 1.59. The second kappa shape index (κ2) is 11.4. The number of thiophene rings is 1. The molecule has 0 spiro atoms. The van der Waals surface area contributed by atoms with Crippen LogP contribution >= 0.6 is 11.3 Å². The Morgan fingerprint density at radius 2 is 1.84 bits per heavy atom. The quantitative estimate of drug-likeness (QED) is 0.183. The van der Waals surface area contributed by atoms with E-state index in [1.165, 1.54) is 6.33 Å². The maximum Gasteiger partial charge on any atom is 0.434 e. The van der Waals surface area contributed by atoms with Crippen LogP contribution in [0.3, 0.4) is 0 Å². The molecule has 2 aliphatic rings. The average Bonchev–Trinajstić information content (AvgIpc) is 3.64. The molecule has 234 valence electrons. The zero-order valence-corrected chi connectivity index (χ0v) is 26.1. The Morgan fingerprint density at radius 3 is 2.53 bits per heavy atom. The number of alkyl halides is 3. The third-order valence-corrected chi connectivity index (χ3v) is 9.27. The lowest BCUT2D eigenvalue weighted by Gasteiger charge is -2.37. The lowest BCUT2D eigenvalue weighted by Crippen LogP contribution is -2.40. The van der Waals surface area contributed by atoms with Crippen molar-refractivity contribution in [3.8, 4) is 28.7 Å². The molecule has 9 nitrogen and oxygen atoms in total. The molecule has 1 aliphatic carbocycles. The molecule has 1 aliphatic heterocycles. The molecule has 1 saturated carbocycles. The zero-order chi connectivity index (χ0) is 31.5. The Kier molecular flexibility index (Phi) is 7.47. The van der Waals surface area contributed by atoms with Crippen molar-refractivity contribution in [2.45, 2.75) is 57.8 Å². The van der Waals surface area contributed by atoms with Gasteiger partial charge in [-0.3, -0.25) is 0 Å². The number of ether oxygens (including phenoxy) is 2. The number of hydrogen-bond acceptors (Lipinski definition) is 9. The molecule has 5 heterocycles. The normalized spacial score (nSPS) is 17.4. The molecule has 1 atom stereocenters. The fraction of sp³-hybridized carbons (Fsp3) is 0.406. The molecule has 1 saturated heterocycles. The highest BCUT2D eigenvalue weighted by Crippen LogP contribution is 2.46. The summed E-state index contributed by atoms with van der Waals surface area (Å²) >= 11 is 1.64. The summed E-state index contributed by atoms with van der Waals surface area (Å²) in [6, 6.07) is 9.22. The molecule has 1 unspecified atom stereocenters. The number of aromatic nitrogens is 6. The maximum absolute atomic E-state index is 13.5. The SMILES string of the molecule is COc1ncnc(C2CC2)c1-c1nc(N2CCOCC2c2ccc(-c3nc(C(F)(F)F)cn3C(C)C)cc2)c2sc(C)cc2n1. The van der Waals surface area contributed by atoms with E-state index in [1.54, 1.807) is 23.0 Å². The molecular formula is C32H32F3N7O2S. The molecule has 1 aromatic carbocycles. The molecule has 5 aromatic rings. The number of rotatable bonds is 7. The van der Waals surface area contributed by atoms with E-state index in [9.17, 15) is 13.2 Å². The van der Waals surface area contributed by atoms with Gasteiger partial charge >= 0.3 is 6.18 Å². The van der Waals surface area contributed by atoms with Crippen LogP contribution in [0.15, 0.2) is 42.9 Å². The highest BCUT2D eigenvalue weighted by molar-refractivity contribution is 7.19. The van der Waals surface area contributed by atoms with Gasteiger partial charge in [0.05, 0.1) is 42.3 Å². The zero-order valence-electron chi connectivity index (χ0n) is 25.3. The van der Waals surface area contributed by atoms with E-state index < -0.39 is 11.9 Å². The van der Waals surface area contributed by atoms with Crippen molar-refractivity contribution in [2.24, 2.45) is 0 Å². The number of nitrogens with zero attached hydrogens (tertiary/aromatic N) is 7. The second-order valence-electron chi connectivity index (χ2n) is 11.7. The van der Waals surface area contributed by atoms with Crippen molar-refractivity contribution in [1.29, 1.82) is 0 Å². The Morgan fingerprint density at radius 1 is 1.07 bits per heavy atom. The molecule has 2 fully saturated rings. The van der Waals surface area contributed by atoms with Crippen LogP contribution in [0.2, 0.25) is 0 Å². The number of morpholine rings is 1. The minimum Gasteiger partial charge on any atom is -0.480 e. The summed E-state index contributed by atoms with van der Waals surface area (Å²) in [6.07, 6.45) is 0.189. The van der Waals surface area contributed by atoms with Crippen molar-refractivity contribution in [3.05, 3.63) is 64.7 Å². The Labute approximate surface area is 262 Å². The lowest BCUT2D eigenvalue weighted by atomic mass is 10.0. The first-order valence-electron chi connectivity index (χ1n) is 14.9. The predicted molar refractivity (Wildman–Crippen MR) is 166 cm³/mol. The number of hydrogen-bond donors (Lipinski definition) is 0. The Hall–Kier alpha value is -4.10. The van der Waals surface area contributed by atoms with Crippen LogP contribution in [0.5, 0.6) is 5.88 Å². The monoisotopic (exact) mass is 635 g/mol. The third-order valence-electron chi connectivity index (χ3n) is 8.23. The van der Waals surface area contributed by atoms with Crippen molar-refractivity contribution < 1.29 is 22.6 Å². The van der Waals surface area contributed by atoms with Crippen molar-refractivity contribution in [2.75, 3.05) is 31.8 Å². The smallest absolute Gasteiger partial charge is 0.434 e. The standard InChI is InChI=1S/C32H32F3N7O2S/c1-17(2)42-14-24(32(33,34)35)39-29(42)21-9-5-19(6-10-21)23-15-44-12-11-41(23)30-27-22(13-18(3)45-27)38-28(40-30)25-26(20-7-8-20)36-16-37-31(25)43-4/h5-6,9-10,13-14,16-17,20,23H,7-8,11-12,15H2,1-4H3. The highest BCUT2D eigenvalue weighted by Gasteiger charge is 2.36. The fourth-order valence-corrected chi connectivity index (χ4v) is 6.84. The van der Waals surface area contributed by atoms with Crippen LogP contribution in [0, 0.1) is 6.92 Å². The fourth-order valence-electron chi connectivity index (χ4n) is 5.88. The number of halogens is 3. The van der Waals surface area contributed by atoms with Crippen LogP contribution < -0.4 is 9.64 Å². The molecule has 45 heavy (non-hydrogen) atoms. The van der Waals surface area contributed by atoms with Crippen LogP contribution in [-0.2, 0) is 10.9 Å². The van der Waals surface area contributed by atoms with Crippen LogP contribution in [0.25, 0.3) is 33.0 Å². The van der Waals surface area contributed by atoms with Crippen molar-refractivity contribution in [3.63, 3.8) is 0 Å². The van der Waals surface area contributed by atoms with Gasteiger partial charge in [-0.15, -0.1) is 11.3 Å². The first-order chi connectivity index (χ1) is 21.6. The van der Waals surface area contributed by atoms with Gasteiger partial charge in [0.2, 0.25) is 5.88 Å². The molecule has 0 bridgehead atoms. The van der Waals surface area contributed by atoms with E-state index in [4.69, 9.17) is 19.4 Å². The van der Waals surface area contributed by atoms with E-state index in [0.717, 1.165) is 56.8 Å². The second-order valence-corrected chi connectivity index (χ2v) is 13.0. The van der Waals surface area contributed by atoms with Gasteiger partial charge in [0.1, 0.15) is 17.7 Å². The first-order valence-corrected chi connectivity index (χ1v) is 15.7. The first kappa shape index (κ1) is 29.6. The molecule has 7 rings (SSSR count). The minimum atomic E-state index is -4.52. The summed E-state index contributed by atoms with van der Waals surface area (Å²) in [4.78, 5) is 26.5. The van der Waals surface area contributed by atoms with Crippen molar-refractivity contribution >= 4 is 27.4 Å². The average molecular weight is 636 g/mol. The Balaban J connectivity index is 1.30. The number of benzene rings is 1. The van der Waals surface area contributed by atoms with Gasteiger partial charge in [-0.05, 0) is 45.2 Å². The van der Waals surface area contributed by atoms with Crippen LogP contribution in [0.1, 0.15) is 66.5 Å². The van der Waals surface area contributed by atoms with E-state index >= 15 is 0 Å². The van der Waals surface area contributed by atoms with E-state index in [2.05, 4.69) is 32.8 Å². The van der Waals surface area contributed by atoms with Gasteiger partial charge in [-0.2, -0.15) is 13.2 Å². The molecular weight excluding hydrogens is 603 g/mol. The summed E-state index contributed by atoms with van der Waals surface area (Å²) in [5.41, 5.74) is 3.13. The largest absolute Gasteiger partial charge is 0.480 e. The van der Waals surface area contributed by atoms with Gasteiger partial charge in [0.25, 0.3) is 0 Å². The number of anilines is 1. The summed E-state index contributed by atoms with van der Waals surface area (Å²) in [6.45, 7) is 7.28. The van der Waals surface area contributed by atoms with Crippen LogP contribution in [0.4, 0.5) is 19.0 Å². The number of methoxy groups -OCH3 is 1. The van der Waals surface area contributed by atoms with Gasteiger partial charge < -0.3 is 18.9 Å². The van der Waals surface area contributed by atoms with Gasteiger partial charge in [-0.25, -0.2) is 24.9 Å². The summed E-state index contributed by atoms with van der Waals surface area (Å²) < 4.78 is 54.7. The topological polar surface area (TPSA) is 91.1 Å².